The Balaban J connectivity index is 1.83. The molecule has 0 unspecified atom stereocenters. The highest BCUT2D eigenvalue weighted by Crippen LogP contribution is 2.36. The van der Waals surface area contributed by atoms with E-state index >= 15 is 0 Å². The SMILES string of the molecule is COc1cc(OC)c(NC(=O)c2cnc(N3CCCC3)nc2C)cc1Cl. The summed E-state index contributed by atoms with van der Waals surface area (Å²) in [6, 6.07) is 3.21. The lowest BCUT2D eigenvalue weighted by Gasteiger charge is -2.17. The van der Waals surface area contributed by atoms with Crippen LogP contribution in [0.2, 0.25) is 5.02 Å². The van der Waals surface area contributed by atoms with Crippen LogP contribution < -0.4 is 19.7 Å². The Kier molecular flexibility index (Phi) is 5.46. The van der Waals surface area contributed by atoms with E-state index in [1.54, 1.807) is 25.3 Å². The first kappa shape index (κ1) is 18.3. The van der Waals surface area contributed by atoms with Gasteiger partial charge in [-0.15, -0.1) is 0 Å². The summed E-state index contributed by atoms with van der Waals surface area (Å²) in [5.41, 5.74) is 1.48. The van der Waals surface area contributed by atoms with Crippen molar-refractivity contribution in [3.8, 4) is 11.5 Å². The fourth-order valence-electron chi connectivity index (χ4n) is 2.89. The number of anilines is 2. The maximum Gasteiger partial charge on any atom is 0.259 e. The summed E-state index contributed by atoms with van der Waals surface area (Å²) >= 11 is 6.15. The highest BCUT2D eigenvalue weighted by atomic mass is 35.5. The molecule has 0 aliphatic carbocycles. The molecule has 0 atom stereocenters. The molecule has 1 fully saturated rings. The number of hydrogen-bond donors (Lipinski definition) is 1. The first-order chi connectivity index (χ1) is 12.5. The number of aryl methyl sites for hydroxylation is 1. The van der Waals surface area contributed by atoms with Crippen LogP contribution in [0.3, 0.4) is 0 Å². The quantitative estimate of drug-likeness (QED) is 0.862. The van der Waals surface area contributed by atoms with Crippen molar-refractivity contribution < 1.29 is 14.3 Å². The Hall–Kier alpha value is -2.54. The second-order valence-electron chi connectivity index (χ2n) is 6.00. The average Bonchev–Trinajstić information content (AvgIpc) is 3.16. The molecule has 7 nitrogen and oxygen atoms in total. The van der Waals surface area contributed by atoms with Crippen molar-refractivity contribution in [2.24, 2.45) is 0 Å². The Morgan fingerprint density at radius 2 is 1.88 bits per heavy atom. The number of nitrogens with one attached hydrogen (secondary N) is 1. The number of nitrogens with zero attached hydrogens (tertiary/aromatic N) is 3. The maximum absolute atomic E-state index is 12.7. The van der Waals surface area contributed by atoms with Gasteiger partial charge in [0.1, 0.15) is 11.5 Å². The second kappa shape index (κ2) is 7.78. The maximum atomic E-state index is 12.7. The topological polar surface area (TPSA) is 76.6 Å². The van der Waals surface area contributed by atoms with Crippen LogP contribution in [0.25, 0.3) is 0 Å². The molecule has 1 saturated heterocycles. The number of amides is 1. The monoisotopic (exact) mass is 376 g/mol. The van der Waals surface area contributed by atoms with Crippen LogP contribution in [0, 0.1) is 6.92 Å². The van der Waals surface area contributed by atoms with Crippen molar-refractivity contribution in [1.82, 2.24) is 9.97 Å². The highest BCUT2D eigenvalue weighted by Gasteiger charge is 2.19. The third-order valence-electron chi connectivity index (χ3n) is 4.32. The van der Waals surface area contributed by atoms with E-state index in [9.17, 15) is 4.79 Å². The van der Waals surface area contributed by atoms with Crippen LogP contribution in [0.5, 0.6) is 11.5 Å². The molecule has 1 N–H and O–H groups in total. The van der Waals surface area contributed by atoms with Gasteiger partial charge in [0.15, 0.2) is 0 Å². The van der Waals surface area contributed by atoms with E-state index in [2.05, 4.69) is 20.2 Å². The minimum atomic E-state index is -0.324. The standard InChI is InChI=1S/C18H21ClN4O3/c1-11-12(10-20-18(21-11)23-6-4-5-7-23)17(24)22-14-8-13(19)15(25-2)9-16(14)26-3/h8-10H,4-7H2,1-3H3,(H,22,24). The van der Waals surface area contributed by atoms with Crippen LogP contribution in [0.15, 0.2) is 18.3 Å². The number of carbonyl (C=O) groups excluding carboxylic acids is 1. The Morgan fingerprint density at radius 3 is 2.50 bits per heavy atom. The highest BCUT2D eigenvalue weighted by molar-refractivity contribution is 6.32. The smallest absolute Gasteiger partial charge is 0.259 e. The third kappa shape index (κ3) is 3.67. The van der Waals surface area contributed by atoms with Gasteiger partial charge >= 0.3 is 0 Å². The molecule has 0 radical (unpaired) electrons. The molecule has 0 bridgehead atoms. The zero-order valence-corrected chi connectivity index (χ0v) is 15.8. The molecule has 26 heavy (non-hydrogen) atoms. The van der Waals surface area contributed by atoms with Crippen LogP contribution in [-0.4, -0.2) is 43.2 Å². The lowest BCUT2D eigenvalue weighted by molar-refractivity contribution is 0.102. The number of methoxy groups -OCH3 is 2. The van der Waals surface area contributed by atoms with Gasteiger partial charge in [-0.2, -0.15) is 0 Å². The molecule has 1 aromatic heterocycles. The van der Waals surface area contributed by atoms with E-state index in [-0.39, 0.29) is 5.91 Å². The first-order valence-corrected chi connectivity index (χ1v) is 8.72. The summed E-state index contributed by atoms with van der Waals surface area (Å²) in [7, 11) is 3.03. The molecule has 1 aromatic carbocycles. The number of hydrogen-bond acceptors (Lipinski definition) is 6. The summed E-state index contributed by atoms with van der Waals surface area (Å²) in [5, 5.41) is 3.18. The summed E-state index contributed by atoms with van der Waals surface area (Å²) in [6.07, 6.45) is 3.84. The number of aromatic nitrogens is 2. The van der Waals surface area contributed by atoms with Gasteiger partial charge in [0.25, 0.3) is 5.91 Å². The van der Waals surface area contributed by atoms with E-state index in [1.165, 1.54) is 14.2 Å². The van der Waals surface area contributed by atoms with Gasteiger partial charge in [-0.05, 0) is 25.8 Å². The molecule has 138 valence electrons. The number of halogens is 1. The minimum Gasteiger partial charge on any atom is -0.495 e. The summed E-state index contributed by atoms with van der Waals surface area (Å²) < 4.78 is 10.5. The van der Waals surface area contributed by atoms with Gasteiger partial charge < -0.3 is 19.7 Å². The van der Waals surface area contributed by atoms with Crippen molar-refractivity contribution in [3.05, 3.63) is 34.6 Å². The summed E-state index contributed by atoms with van der Waals surface area (Å²) in [4.78, 5) is 23.6. The zero-order valence-electron chi connectivity index (χ0n) is 15.0. The first-order valence-electron chi connectivity index (χ1n) is 8.35. The molecule has 2 aromatic rings. The van der Waals surface area contributed by atoms with Gasteiger partial charge in [-0.3, -0.25) is 4.79 Å². The van der Waals surface area contributed by atoms with Crippen LogP contribution in [0.1, 0.15) is 28.9 Å². The van der Waals surface area contributed by atoms with Crippen LogP contribution in [-0.2, 0) is 0 Å². The fraction of sp³-hybridized carbons (Fsp3) is 0.389. The third-order valence-corrected chi connectivity index (χ3v) is 4.62. The van der Waals surface area contributed by atoms with Crippen molar-refractivity contribution in [2.45, 2.75) is 19.8 Å². The molecule has 0 saturated carbocycles. The lowest BCUT2D eigenvalue weighted by atomic mass is 10.2. The molecular weight excluding hydrogens is 356 g/mol. The van der Waals surface area contributed by atoms with Crippen molar-refractivity contribution in [2.75, 3.05) is 37.5 Å². The molecule has 1 aliphatic rings. The predicted octanol–water partition coefficient (Wildman–Crippen LogP) is 3.31. The second-order valence-corrected chi connectivity index (χ2v) is 6.41. The van der Waals surface area contributed by atoms with Gasteiger partial charge in [-0.25, -0.2) is 9.97 Å². The molecule has 2 heterocycles. The molecule has 8 heteroatoms. The molecule has 1 aliphatic heterocycles. The van der Waals surface area contributed by atoms with E-state index in [0.717, 1.165) is 25.9 Å². The zero-order chi connectivity index (χ0) is 18.7. The molecular formula is C18H21ClN4O3. The normalized spacial score (nSPS) is 13.6. The van der Waals surface area contributed by atoms with E-state index < -0.39 is 0 Å². The largest absolute Gasteiger partial charge is 0.495 e. The van der Waals surface area contributed by atoms with Gasteiger partial charge in [-0.1, -0.05) is 11.6 Å². The number of ether oxygens (including phenoxy) is 2. The van der Waals surface area contributed by atoms with E-state index in [1.807, 2.05) is 0 Å². The predicted molar refractivity (Wildman–Crippen MR) is 101 cm³/mol. The van der Waals surface area contributed by atoms with Gasteiger partial charge in [0.05, 0.1) is 36.2 Å². The van der Waals surface area contributed by atoms with Crippen LogP contribution in [0.4, 0.5) is 11.6 Å². The Morgan fingerprint density at radius 1 is 1.19 bits per heavy atom. The summed E-state index contributed by atoms with van der Waals surface area (Å²) in [5.74, 6) is 1.26. The molecule has 0 spiro atoms. The van der Waals surface area contributed by atoms with Gasteiger partial charge in [0.2, 0.25) is 5.95 Å². The van der Waals surface area contributed by atoms with Gasteiger partial charge in [0, 0.05) is 25.4 Å². The number of benzene rings is 1. The van der Waals surface area contributed by atoms with Crippen molar-refractivity contribution in [3.63, 3.8) is 0 Å². The summed E-state index contributed by atoms with van der Waals surface area (Å²) in [6.45, 7) is 3.70. The lowest BCUT2D eigenvalue weighted by Crippen LogP contribution is -2.22. The number of carbonyl (C=O) groups is 1. The molecule has 3 rings (SSSR count). The fourth-order valence-corrected chi connectivity index (χ4v) is 3.14. The van der Waals surface area contributed by atoms with E-state index in [0.29, 0.717) is 39.4 Å². The Bertz CT molecular complexity index is 822. The Labute approximate surface area is 157 Å². The average molecular weight is 377 g/mol. The molecule has 1 amide bonds. The minimum absolute atomic E-state index is 0.324. The van der Waals surface area contributed by atoms with E-state index in [4.69, 9.17) is 21.1 Å². The van der Waals surface area contributed by atoms with Crippen molar-refractivity contribution >= 4 is 29.1 Å². The van der Waals surface area contributed by atoms with Crippen molar-refractivity contribution in [1.29, 1.82) is 0 Å². The number of rotatable bonds is 5. The van der Waals surface area contributed by atoms with Crippen LogP contribution >= 0.6 is 11.6 Å².